The molecule has 0 aliphatic rings. The van der Waals surface area contributed by atoms with Gasteiger partial charge in [0.1, 0.15) is 0 Å². The van der Waals surface area contributed by atoms with Crippen LogP contribution in [0.4, 0.5) is 0 Å². The first-order chi connectivity index (χ1) is 9.69. The third-order valence-electron chi connectivity index (χ3n) is 2.83. The highest BCUT2D eigenvalue weighted by molar-refractivity contribution is 5.69. The number of rotatable bonds is 6. The van der Waals surface area contributed by atoms with E-state index in [4.69, 9.17) is 4.52 Å². The SMILES string of the molecule is COC(=O)CCN(C)Cc1noc(-c2ccccc2)n1. The van der Waals surface area contributed by atoms with E-state index in [0.717, 1.165) is 5.56 Å². The van der Waals surface area contributed by atoms with Gasteiger partial charge in [-0.3, -0.25) is 9.69 Å². The fourth-order valence-corrected chi connectivity index (χ4v) is 1.72. The molecule has 2 rings (SSSR count). The summed E-state index contributed by atoms with van der Waals surface area (Å²) in [5, 5.41) is 3.94. The molecule has 2 aromatic rings. The summed E-state index contributed by atoms with van der Waals surface area (Å²) >= 11 is 0. The maximum Gasteiger partial charge on any atom is 0.306 e. The second-order valence-corrected chi connectivity index (χ2v) is 4.45. The number of methoxy groups -OCH3 is 1. The quantitative estimate of drug-likeness (QED) is 0.748. The summed E-state index contributed by atoms with van der Waals surface area (Å²) in [6, 6.07) is 9.60. The average molecular weight is 275 g/mol. The van der Waals surface area contributed by atoms with Gasteiger partial charge in [-0.05, 0) is 19.2 Å². The molecule has 0 fully saturated rings. The molecule has 0 aliphatic heterocycles. The number of aromatic nitrogens is 2. The molecular weight excluding hydrogens is 258 g/mol. The lowest BCUT2D eigenvalue weighted by Crippen LogP contribution is -2.22. The molecule has 0 radical (unpaired) electrons. The molecule has 6 heteroatoms. The zero-order valence-electron chi connectivity index (χ0n) is 11.6. The van der Waals surface area contributed by atoms with E-state index in [1.54, 1.807) is 0 Å². The number of nitrogens with zero attached hydrogens (tertiary/aromatic N) is 3. The monoisotopic (exact) mass is 275 g/mol. The number of hydrogen-bond acceptors (Lipinski definition) is 6. The van der Waals surface area contributed by atoms with Gasteiger partial charge in [0.25, 0.3) is 5.89 Å². The predicted molar refractivity (Wildman–Crippen MR) is 72.7 cm³/mol. The Morgan fingerprint density at radius 1 is 1.35 bits per heavy atom. The molecule has 0 unspecified atom stereocenters. The molecule has 0 N–H and O–H groups in total. The van der Waals surface area contributed by atoms with Crippen molar-refractivity contribution in [3.8, 4) is 11.5 Å². The molecular formula is C14H17N3O3. The number of benzene rings is 1. The van der Waals surface area contributed by atoms with Crippen LogP contribution in [-0.2, 0) is 16.1 Å². The standard InChI is InChI=1S/C14H17N3O3/c1-17(9-8-13(18)19-2)10-12-15-14(20-16-12)11-6-4-3-5-7-11/h3-7H,8-10H2,1-2H3. The van der Waals surface area contributed by atoms with Crippen molar-refractivity contribution < 1.29 is 14.1 Å². The minimum atomic E-state index is -0.227. The molecule has 0 amide bonds. The molecule has 20 heavy (non-hydrogen) atoms. The zero-order chi connectivity index (χ0) is 14.4. The number of carbonyl (C=O) groups excluding carboxylic acids is 1. The molecule has 0 bridgehead atoms. The Morgan fingerprint density at radius 3 is 2.80 bits per heavy atom. The van der Waals surface area contributed by atoms with Gasteiger partial charge in [-0.1, -0.05) is 23.4 Å². The van der Waals surface area contributed by atoms with Crippen LogP contribution in [0.1, 0.15) is 12.2 Å². The maximum absolute atomic E-state index is 11.1. The van der Waals surface area contributed by atoms with Gasteiger partial charge in [0.15, 0.2) is 5.82 Å². The van der Waals surface area contributed by atoms with Crippen molar-refractivity contribution in [2.45, 2.75) is 13.0 Å². The Balaban J connectivity index is 1.91. The molecule has 106 valence electrons. The molecule has 1 heterocycles. The second-order valence-electron chi connectivity index (χ2n) is 4.45. The van der Waals surface area contributed by atoms with Crippen molar-refractivity contribution in [1.29, 1.82) is 0 Å². The van der Waals surface area contributed by atoms with E-state index in [-0.39, 0.29) is 5.97 Å². The topological polar surface area (TPSA) is 68.5 Å². The number of ether oxygens (including phenoxy) is 1. The fraction of sp³-hybridized carbons (Fsp3) is 0.357. The summed E-state index contributed by atoms with van der Waals surface area (Å²) in [5.41, 5.74) is 0.892. The summed E-state index contributed by atoms with van der Waals surface area (Å²) in [6.45, 7) is 1.11. The molecule has 0 saturated heterocycles. The van der Waals surface area contributed by atoms with Crippen LogP contribution in [0.5, 0.6) is 0 Å². The van der Waals surface area contributed by atoms with Gasteiger partial charge >= 0.3 is 5.97 Å². The molecule has 1 aromatic carbocycles. The molecule has 0 spiro atoms. The van der Waals surface area contributed by atoms with Crippen LogP contribution in [0.25, 0.3) is 11.5 Å². The minimum Gasteiger partial charge on any atom is -0.469 e. The fourth-order valence-electron chi connectivity index (χ4n) is 1.72. The van der Waals surface area contributed by atoms with Crippen LogP contribution >= 0.6 is 0 Å². The molecule has 0 atom stereocenters. The van der Waals surface area contributed by atoms with Gasteiger partial charge in [-0.15, -0.1) is 0 Å². The summed E-state index contributed by atoms with van der Waals surface area (Å²) in [5.74, 6) is 0.869. The van der Waals surface area contributed by atoms with Crippen LogP contribution in [0.3, 0.4) is 0 Å². The number of esters is 1. The third kappa shape index (κ3) is 3.89. The Hall–Kier alpha value is -2.21. The summed E-state index contributed by atoms with van der Waals surface area (Å²) in [7, 11) is 3.27. The first kappa shape index (κ1) is 14.2. The summed E-state index contributed by atoms with van der Waals surface area (Å²) in [6.07, 6.45) is 0.344. The zero-order valence-corrected chi connectivity index (χ0v) is 11.6. The Kier molecular flexibility index (Phi) is 4.84. The van der Waals surface area contributed by atoms with Crippen molar-refractivity contribution in [2.24, 2.45) is 0 Å². The van der Waals surface area contributed by atoms with Gasteiger partial charge in [0, 0.05) is 12.1 Å². The van der Waals surface area contributed by atoms with Gasteiger partial charge in [-0.2, -0.15) is 4.98 Å². The normalized spacial score (nSPS) is 10.8. The highest BCUT2D eigenvalue weighted by Gasteiger charge is 2.11. The van der Waals surface area contributed by atoms with Crippen molar-refractivity contribution >= 4 is 5.97 Å². The Bertz CT molecular complexity index is 554. The molecule has 6 nitrogen and oxygen atoms in total. The maximum atomic E-state index is 11.1. The van der Waals surface area contributed by atoms with Gasteiger partial charge in [0.05, 0.1) is 20.1 Å². The van der Waals surface area contributed by atoms with Crippen LogP contribution in [0, 0.1) is 0 Å². The van der Waals surface area contributed by atoms with E-state index in [0.29, 0.717) is 31.2 Å². The highest BCUT2D eigenvalue weighted by atomic mass is 16.5. The minimum absolute atomic E-state index is 0.227. The van der Waals surface area contributed by atoms with Gasteiger partial charge in [-0.25, -0.2) is 0 Å². The lowest BCUT2D eigenvalue weighted by Gasteiger charge is -2.12. The lowest BCUT2D eigenvalue weighted by atomic mass is 10.2. The van der Waals surface area contributed by atoms with Crippen LogP contribution in [0.15, 0.2) is 34.9 Å². The number of hydrogen-bond donors (Lipinski definition) is 0. The first-order valence-corrected chi connectivity index (χ1v) is 6.32. The van der Waals surface area contributed by atoms with Crippen molar-refractivity contribution in [3.63, 3.8) is 0 Å². The van der Waals surface area contributed by atoms with Crippen molar-refractivity contribution in [1.82, 2.24) is 15.0 Å². The first-order valence-electron chi connectivity index (χ1n) is 6.32. The van der Waals surface area contributed by atoms with Gasteiger partial charge < -0.3 is 9.26 Å². The van der Waals surface area contributed by atoms with Crippen molar-refractivity contribution in [2.75, 3.05) is 20.7 Å². The second kappa shape index (κ2) is 6.81. The van der Waals surface area contributed by atoms with Crippen LogP contribution in [-0.4, -0.2) is 41.7 Å². The van der Waals surface area contributed by atoms with E-state index >= 15 is 0 Å². The van der Waals surface area contributed by atoms with E-state index in [9.17, 15) is 4.79 Å². The molecule has 0 aliphatic carbocycles. The van der Waals surface area contributed by atoms with Crippen LogP contribution in [0.2, 0.25) is 0 Å². The Morgan fingerprint density at radius 2 is 2.10 bits per heavy atom. The predicted octanol–water partition coefficient (Wildman–Crippen LogP) is 1.73. The van der Waals surface area contributed by atoms with E-state index in [1.807, 2.05) is 42.3 Å². The Labute approximate surface area is 117 Å². The van der Waals surface area contributed by atoms with Crippen molar-refractivity contribution in [3.05, 3.63) is 36.2 Å². The number of carbonyl (C=O) groups is 1. The largest absolute Gasteiger partial charge is 0.469 e. The smallest absolute Gasteiger partial charge is 0.306 e. The molecule has 0 saturated carbocycles. The van der Waals surface area contributed by atoms with E-state index < -0.39 is 0 Å². The lowest BCUT2D eigenvalue weighted by molar-refractivity contribution is -0.140. The van der Waals surface area contributed by atoms with E-state index in [1.165, 1.54) is 7.11 Å². The summed E-state index contributed by atoms with van der Waals surface area (Å²) in [4.78, 5) is 17.3. The van der Waals surface area contributed by atoms with Gasteiger partial charge in [0.2, 0.25) is 0 Å². The average Bonchev–Trinajstić information content (AvgIpc) is 2.94. The third-order valence-corrected chi connectivity index (χ3v) is 2.83. The molecule has 1 aromatic heterocycles. The summed E-state index contributed by atoms with van der Waals surface area (Å²) < 4.78 is 9.82. The highest BCUT2D eigenvalue weighted by Crippen LogP contribution is 2.16. The van der Waals surface area contributed by atoms with E-state index in [2.05, 4.69) is 14.9 Å². The van der Waals surface area contributed by atoms with Crippen LogP contribution < -0.4 is 0 Å².